The van der Waals surface area contributed by atoms with Crippen LogP contribution >= 0.6 is 11.3 Å². The van der Waals surface area contributed by atoms with Crippen molar-refractivity contribution in [3.05, 3.63) is 35.4 Å². The summed E-state index contributed by atoms with van der Waals surface area (Å²) in [5.74, 6) is -0.471. The van der Waals surface area contributed by atoms with E-state index in [0.717, 1.165) is 0 Å². The topological polar surface area (TPSA) is 128 Å². The number of carbonyl (C=O) groups excluding carboxylic acids is 3. The van der Waals surface area contributed by atoms with E-state index < -0.39 is 11.8 Å². The van der Waals surface area contributed by atoms with E-state index in [0.29, 0.717) is 33.8 Å². The molecule has 3 amide bonds. The third-order valence-corrected chi connectivity index (χ3v) is 4.99. The highest BCUT2D eigenvalue weighted by Gasteiger charge is 2.19. The summed E-state index contributed by atoms with van der Waals surface area (Å²) < 4.78 is 15.8. The fraction of sp³-hybridized carbons (Fsp3) is 0.250. The van der Waals surface area contributed by atoms with Crippen LogP contribution < -0.4 is 24.8 Å². The first kappa shape index (κ1) is 22.0. The Kier molecular flexibility index (Phi) is 6.98. The average Bonchev–Trinajstić information content (AvgIpc) is 3.19. The van der Waals surface area contributed by atoms with Gasteiger partial charge in [0.25, 0.3) is 5.91 Å². The quantitative estimate of drug-likeness (QED) is 0.638. The van der Waals surface area contributed by atoms with Crippen molar-refractivity contribution < 1.29 is 28.6 Å². The van der Waals surface area contributed by atoms with Gasteiger partial charge in [0.15, 0.2) is 16.6 Å². The Labute approximate surface area is 181 Å². The standard InChI is InChI=1S/C20H20N4O6S/c1-28-14-6-12(7-15(29-2)18(14)30-3)22-17(26)8-13-10-31-20(23-13)24-19(27)11-4-5-16(25)21-9-11/h4-7,9-11H,8H2,1-3H3,(H,22,26)(H,23,24,27). The van der Waals surface area contributed by atoms with Gasteiger partial charge in [-0.1, -0.05) is 6.08 Å². The number of carbonyl (C=O) groups is 3. The van der Waals surface area contributed by atoms with Gasteiger partial charge in [0.05, 0.1) is 39.4 Å². The minimum atomic E-state index is -0.645. The molecule has 0 saturated carbocycles. The van der Waals surface area contributed by atoms with Crippen LogP contribution in [0.2, 0.25) is 0 Å². The molecule has 1 unspecified atom stereocenters. The molecule has 2 heterocycles. The molecular weight excluding hydrogens is 424 g/mol. The summed E-state index contributed by atoms with van der Waals surface area (Å²) in [5, 5.41) is 7.44. The van der Waals surface area contributed by atoms with Crippen LogP contribution in [0.1, 0.15) is 5.69 Å². The van der Waals surface area contributed by atoms with Gasteiger partial charge in [0.1, 0.15) is 0 Å². The first-order valence-electron chi connectivity index (χ1n) is 9.05. The van der Waals surface area contributed by atoms with E-state index in [4.69, 9.17) is 14.2 Å². The number of hydrogen-bond donors (Lipinski definition) is 2. The lowest BCUT2D eigenvalue weighted by Crippen LogP contribution is -2.24. The molecule has 1 aromatic carbocycles. The lowest BCUT2D eigenvalue weighted by Gasteiger charge is -2.14. The Balaban J connectivity index is 1.61. The number of rotatable bonds is 8. The summed E-state index contributed by atoms with van der Waals surface area (Å²) in [6.45, 7) is 0. The monoisotopic (exact) mass is 444 g/mol. The Bertz CT molecular complexity index is 1020. The molecule has 0 bridgehead atoms. The Morgan fingerprint density at radius 2 is 1.81 bits per heavy atom. The van der Waals surface area contributed by atoms with Crippen LogP contribution in [-0.4, -0.2) is 50.2 Å². The number of benzene rings is 1. The second kappa shape index (κ2) is 9.85. The van der Waals surface area contributed by atoms with Crippen molar-refractivity contribution in [1.82, 2.24) is 4.98 Å². The van der Waals surface area contributed by atoms with Crippen molar-refractivity contribution in [2.24, 2.45) is 10.9 Å². The van der Waals surface area contributed by atoms with Gasteiger partial charge in [-0.25, -0.2) is 9.98 Å². The minimum Gasteiger partial charge on any atom is -0.493 e. The van der Waals surface area contributed by atoms with Gasteiger partial charge in [-0.3, -0.25) is 14.4 Å². The number of thiazole rings is 1. The molecule has 0 fully saturated rings. The van der Waals surface area contributed by atoms with Crippen LogP contribution in [0.3, 0.4) is 0 Å². The van der Waals surface area contributed by atoms with E-state index in [-0.39, 0.29) is 18.2 Å². The summed E-state index contributed by atoms with van der Waals surface area (Å²) in [6, 6.07) is 3.24. The van der Waals surface area contributed by atoms with Gasteiger partial charge in [-0.05, 0) is 0 Å². The summed E-state index contributed by atoms with van der Waals surface area (Å²) in [4.78, 5) is 43.5. The van der Waals surface area contributed by atoms with Crippen LogP contribution in [0.15, 0.2) is 34.7 Å². The molecule has 1 aliphatic rings. The number of amides is 3. The number of anilines is 2. The number of nitrogens with one attached hydrogen (secondary N) is 2. The number of methoxy groups -OCH3 is 3. The molecule has 0 spiro atoms. The van der Waals surface area contributed by atoms with Crippen LogP contribution in [0.4, 0.5) is 10.8 Å². The van der Waals surface area contributed by atoms with E-state index >= 15 is 0 Å². The zero-order valence-corrected chi connectivity index (χ0v) is 17.8. The van der Waals surface area contributed by atoms with E-state index in [2.05, 4.69) is 20.6 Å². The van der Waals surface area contributed by atoms with Crippen molar-refractivity contribution in [3.8, 4) is 17.2 Å². The molecule has 0 aliphatic carbocycles. The van der Waals surface area contributed by atoms with E-state index in [1.165, 1.54) is 51.0 Å². The highest BCUT2D eigenvalue weighted by molar-refractivity contribution is 7.14. The number of aromatic nitrogens is 1. The number of hydrogen-bond acceptors (Lipinski definition) is 8. The van der Waals surface area contributed by atoms with Gasteiger partial charge >= 0.3 is 0 Å². The van der Waals surface area contributed by atoms with Crippen LogP contribution in [0, 0.1) is 5.92 Å². The molecule has 11 heteroatoms. The molecule has 1 aliphatic heterocycles. The maximum Gasteiger partial charge on any atom is 0.269 e. The summed E-state index contributed by atoms with van der Waals surface area (Å²) in [5.41, 5.74) is 0.967. The normalized spacial score (nSPS) is 14.8. The predicted molar refractivity (Wildman–Crippen MR) is 115 cm³/mol. The molecule has 31 heavy (non-hydrogen) atoms. The second-order valence-corrected chi connectivity index (χ2v) is 7.13. The second-order valence-electron chi connectivity index (χ2n) is 6.27. The number of ether oxygens (including phenoxy) is 3. The fourth-order valence-corrected chi connectivity index (χ4v) is 3.46. The van der Waals surface area contributed by atoms with Gasteiger partial charge in [0, 0.05) is 35.5 Å². The lowest BCUT2D eigenvalue weighted by molar-refractivity contribution is -0.117. The average molecular weight is 444 g/mol. The SMILES string of the molecule is COc1cc(NC(=O)Cc2csc(NC(=O)C3C=CC(=O)N=C3)n2)cc(OC)c1OC. The van der Waals surface area contributed by atoms with Gasteiger partial charge < -0.3 is 24.8 Å². The maximum absolute atomic E-state index is 12.4. The predicted octanol–water partition coefficient (Wildman–Crippen LogP) is 2.07. The fourth-order valence-electron chi connectivity index (χ4n) is 2.74. The first-order valence-corrected chi connectivity index (χ1v) is 9.93. The minimum absolute atomic E-state index is 0.00230. The van der Waals surface area contributed by atoms with Crippen molar-refractivity contribution in [2.75, 3.05) is 32.0 Å². The highest BCUT2D eigenvalue weighted by atomic mass is 32.1. The van der Waals surface area contributed by atoms with Crippen molar-refractivity contribution >= 4 is 46.1 Å². The van der Waals surface area contributed by atoms with Gasteiger partial charge in [0.2, 0.25) is 17.6 Å². The smallest absolute Gasteiger partial charge is 0.269 e. The lowest BCUT2D eigenvalue weighted by atomic mass is 10.1. The van der Waals surface area contributed by atoms with Gasteiger partial charge in [-0.2, -0.15) is 0 Å². The third-order valence-electron chi connectivity index (χ3n) is 4.18. The number of nitrogens with zero attached hydrogens (tertiary/aromatic N) is 2. The number of aliphatic imine (C=N–C) groups is 1. The van der Waals surface area contributed by atoms with Crippen LogP contribution in [0.25, 0.3) is 0 Å². The molecule has 1 aromatic heterocycles. The molecule has 3 rings (SSSR count). The van der Waals surface area contributed by atoms with Crippen molar-refractivity contribution in [3.63, 3.8) is 0 Å². The zero-order chi connectivity index (χ0) is 22.4. The molecule has 2 aromatic rings. The molecular formula is C20H20N4O6S. The molecule has 10 nitrogen and oxygen atoms in total. The molecule has 2 N–H and O–H groups in total. The first-order chi connectivity index (χ1) is 14.9. The van der Waals surface area contributed by atoms with Crippen LogP contribution in [0.5, 0.6) is 17.2 Å². The van der Waals surface area contributed by atoms with E-state index in [1.807, 2.05) is 0 Å². The number of dihydropyridines is 1. The van der Waals surface area contributed by atoms with Crippen molar-refractivity contribution in [1.29, 1.82) is 0 Å². The van der Waals surface area contributed by atoms with E-state index in [9.17, 15) is 14.4 Å². The molecule has 0 radical (unpaired) electrons. The third kappa shape index (κ3) is 5.45. The van der Waals surface area contributed by atoms with Crippen LogP contribution in [-0.2, 0) is 20.8 Å². The van der Waals surface area contributed by atoms with Crippen molar-refractivity contribution in [2.45, 2.75) is 6.42 Å². The Morgan fingerprint density at radius 3 is 2.39 bits per heavy atom. The maximum atomic E-state index is 12.4. The van der Waals surface area contributed by atoms with Gasteiger partial charge in [-0.15, -0.1) is 11.3 Å². The zero-order valence-electron chi connectivity index (χ0n) is 17.0. The molecule has 162 valence electrons. The Morgan fingerprint density at radius 1 is 1.10 bits per heavy atom. The molecule has 1 atom stereocenters. The summed E-state index contributed by atoms with van der Waals surface area (Å²) >= 11 is 1.19. The summed E-state index contributed by atoms with van der Waals surface area (Å²) in [7, 11) is 4.47. The molecule has 0 saturated heterocycles. The van der Waals surface area contributed by atoms with E-state index in [1.54, 1.807) is 17.5 Å². The highest BCUT2D eigenvalue weighted by Crippen LogP contribution is 2.39. The largest absolute Gasteiger partial charge is 0.493 e. The summed E-state index contributed by atoms with van der Waals surface area (Å²) in [6.07, 6.45) is 3.98. The Hall–Kier alpha value is -3.73.